The average molecular weight is 199 g/mol. The van der Waals surface area contributed by atoms with Gasteiger partial charge in [-0.05, 0) is 13.8 Å². The highest BCUT2D eigenvalue weighted by molar-refractivity contribution is 6.07. The number of nitrogens with two attached hydrogens (primary N) is 1. The number of hydrogen-bond donors (Lipinski definition) is 3. The van der Waals surface area contributed by atoms with Gasteiger partial charge in [0.05, 0.1) is 12.0 Å². The molecular weight excluding hydrogens is 186 g/mol. The topological polar surface area (TPSA) is 101 Å². The van der Waals surface area contributed by atoms with E-state index in [1.165, 1.54) is 13.8 Å². The smallest absolute Gasteiger partial charge is 0.249 e. The van der Waals surface area contributed by atoms with Crippen molar-refractivity contribution < 1.29 is 14.4 Å². The molecule has 1 rings (SSSR count). The summed E-state index contributed by atoms with van der Waals surface area (Å²) in [6.45, 7) is 3.05. The van der Waals surface area contributed by atoms with Crippen LogP contribution in [0.15, 0.2) is 0 Å². The molecule has 6 heteroatoms. The monoisotopic (exact) mass is 199 g/mol. The van der Waals surface area contributed by atoms with E-state index in [9.17, 15) is 14.4 Å². The molecule has 0 bridgehead atoms. The lowest BCUT2D eigenvalue weighted by molar-refractivity contribution is -0.130. The van der Waals surface area contributed by atoms with Crippen LogP contribution in [0.5, 0.6) is 0 Å². The maximum atomic E-state index is 11.3. The molecule has 6 nitrogen and oxygen atoms in total. The van der Waals surface area contributed by atoms with Crippen LogP contribution in [-0.2, 0) is 14.4 Å². The normalized spacial score (nSPS) is 22.1. The zero-order chi connectivity index (χ0) is 10.9. The first-order valence-corrected chi connectivity index (χ1v) is 4.24. The molecule has 4 N–H and O–H groups in total. The van der Waals surface area contributed by atoms with Gasteiger partial charge in [-0.25, -0.2) is 0 Å². The van der Waals surface area contributed by atoms with E-state index in [0.29, 0.717) is 0 Å². The third-order valence-corrected chi connectivity index (χ3v) is 1.86. The van der Waals surface area contributed by atoms with Crippen LogP contribution in [0.3, 0.4) is 0 Å². The van der Waals surface area contributed by atoms with Crippen molar-refractivity contribution in [2.24, 2.45) is 5.73 Å². The maximum Gasteiger partial charge on any atom is 0.249 e. The van der Waals surface area contributed by atoms with Crippen LogP contribution in [0, 0.1) is 0 Å². The Labute approximate surface area is 81.2 Å². The summed E-state index contributed by atoms with van der Waals surface area (Å²) in [6, 6.07) is -0.780. The fourth-order valence-corrected chi connectivity index (χ4v) is 1.01. The van der Waals surface area contributed by atoms with Crippen molar-refractivity contribution in [1.82, 2.24) is 10.6 Å². The number of imide groups is 1. The second-order valence-electron chi connectivity index (χ2n) is 3.86. The van der Waals surface area contributed by atoms with Gasteiger partial charge in [-0.2, -0.15) is 0 Å². The molecule has 3 amide bonds. The maximum absolute atomic E-state index is 11.3. The van der Waals surface area contributed by atoms with E-state index < -0.39 is 23.4 Å². The molecule has 1 saturated heterocycles. The van der Waals surface area contributed by atoms with Crippen molar-refractivity contribution in [3.63, 3.8) is 0 Å². The minimum atomic E-state index is -1.05. The third-order valence-electron chi connectivity index (χ3n) is 1.86. The Morgan fingerprint density at radius 1 is 1.57 bits per heavy atom. The largest absolute Gasteiger partial charge is 0.342 e. The molecule has 78 valence electrons. The summed E-state index contributed by atoms with van der Waals surface area (Å²) in [5.41, 5.74) is 4.46. The SMILES string of the molecule is CC(C)(N)C(=O)NC1CC(=O)NC1=O. The molecule has 0 aromatic rings. The third kappa shape index (κ3) is 2.29. The lowest BCUT2D eigenvalue weighted by Crippen LogP contribution is -2.53. The highest BCUT2D eigenvalue weighted by Gasteiger charge is 2.34. The summed E-state index contributed by atoms with van der Waals surface area (Å²) < 4.78 is 0. The number of carbonyl (C=O) groups excluding carboxylic acids is 3. The van der Waals surface area contributed by atoms with Crippen molar-refractivity contribution in [2.45, 2.75) is 31.8 Å². The molecule has 0 saturated carbocycles. The van der Waals surface area contributed by atoms with Crippen LogP contribution in [-0.4, -0.2) is 29.3 Å². The Morgan fingerprint density at radius 2 is 2.14 bits per heavy atom. The molecule has 1 aliphatic rings. The molecule has 0 spiro atoms. The summed E-state index contributed by atoms with van der Waals surface area (Å²) in [6.07, 6.45) is -0.0132. The average Bonchev–Trinajstić information content (AvgIpc) is 2.28. The van der Waals surface area contributed by atoms with Gasteiger partial charge in [0.15, 0.2) is 0 Å². The molecule has 14 heavy (non-hydrogen) atoms. The zero-order valence-electron chi connectivity index (χ0n) is 8.09. The van der Waals surface area contributed by atoms with E-state index in [2.05, 4.69) is 10.6 Å². The Kier molecular flexibility index (Phi) is 2.57. The molecule has 1 aliphatic heterocycles. The predicted octanol–water partition coefficient (Wildman–Crippen LogP) is -1.74. The van der Waals surface area contributed by atoms with Crippen molar-refractivity contribution in [3.05, 3.63) is 0 Å². The molecule has 0 aromatic heterocycles. The fraction of sp³-hybridized carbons (Fsp3) is 0.625. The second-order valence-corrected chi connectivity index (χ2v) is 3.86. The van der Waals surface area contributed by atoms with Gasteiger partial charge < -0.3 is 11.1 Å². The minimum Gasteiger partial charge on any atom is -0.342 e. The van der Waals surface area contributed by atoms with Crippen LogP contribution in [0.4, 0.5) is 0 Å². The standard InChI is InChI=1S/C8H13N3O3/c1-8(2,9)7(14)10-4-3-5(12)11-6(4)13/h4H,3,9H2,1-2H3,(H,10,14)(H,11,12,13). The molecule has 1 atom stereocenters. The number of amides is 3. The predicted molar refractivity (Wildman–Crippen MR) is 48.0 cm³/mol. The summed E-state index contributed by atoms with van der Waals surface area (Å²) in [4.78, 5) is 33.2. The Hall–Kier alpha value is -1.43. The van der Waals surface area contributed by atoms with Gasteiger partial charge in [0.1, 0.15) is 6.04 Å². The molecule has 1 heterocycles. The summed E-state index contributed by atoms with van der Waals surface area (Å²) in [5, 5.41) is 4.49. The van der Waals surface area contributed by atoms with Gasteiger partial charge in [0, 0.05) is 0 Å². The lowest BCUT2D eigenvalue weighted by atomic mass is 10.1. The molecule has 1 fully saturated rings. The fourth-order valence-electron chi connectivity index (χ4n) is 1.01. The number of hydrogen-bond acceptors (Lipinski definition) is 4. The van der Waals surface area contributed by atoms with E-state index >= 15 is 0 Å². The first kappa shape index (κ1) is 10.6. The lowest BCUT2D eigenvalue weighted by Gasteiger charge is -2.19. The van der Waals surface area contributed by atoms with Crippen LogP contribution < -0.4 is 16.4 Å². The highest BCUT2D eigenvalue weighted by atomic mass is 16.2. The molecule has 0 radical (unpaired) electrons. The first-order chi connectivity index (χ1) is 6.30. The van der Waals surface area contributed by atoms with Gasteiger partial charge in [-0.1, -0.05) is 0 Å². The van der Waals surface area contributed by atoms with Crippen LogP contribution >= 0.6 is 0 Å². The summed E-state index contributed by atoms with van der Waals surface area (Å²) >= 11 is 0. The van der Waals surface area contributed by atoms with Gasteiger partial charge in [-0.3, -0.25) is 19.7 Å². The van der Waals surface area contributed by atoms with Crippen molar-refractivity contribution in [3.8, 4) is 0 Å². The molecule has 1 unspecified atom stereocenters. The quantitative estimate of drug-likeness (QED) is 0.459. The summed E-state index contributed by atoms with van der Waals surface area (Å²) in [5.74, 6) is -1.31. The van der Waals surface area contributed by atoms with E-state index in [4.69, 9.17) is 5.73 Å². The van der Waals surface area contributed by atoms with E-state index in [1.54, 1.807) is 0 Å². The van der Waals surface area contributed by atoms with Gasteiger partial charge in [0.25, 0.3) is 0 Å². The first-order valence-electron chi connectivity index (χ1n) is 4.24. The highest BCUT2D eigenvalue weighted by Crippen LogP contribution is 2.04. The molecule has 0 aromatic carbocycles. The number of rotatable bonds is 2. The molecule has 0 aliphatic carbocycles. The Balaban J connectivity index is 2.58. The van der Waals surface area contributed by atoms with Gasteiger partial charge in [0.2, 0.25) is 17.7 Å². The van der Waals surface area contributed by atoms with Gasteiger partial charge >= 0.3 is 0 Å². The van der Waals surface area contributed by atoms with Crippen molar-refractivity contribution >= 4 is 17.7 Å². The van der Waals surface area contributed by atoms with Gasteiger partial charge in [-0.15, -0.1) is 0 Å². The minimum absolute atomic E-state index is 0.0132. The van der Waals surface area contributed by atoms with Crippen LogP contribution in [0.1, 0.15) is 20.3 Å². The number of carbonyl (C=O) groups is 3. The molecular formula is C8H13N3O3. The van der Waals surface area contributed by atoms with E-state index in [0.717, 1.165) is 0 Å². The van der Waals surface area contributed by atoms with Crippen LogP contribution in [0.25, 0.3) is 0 Å². The summed E-state index contributed by atoms with van der Waals surface area (Å²) in [7, 11) is 0. The zero-order valence-corrected chi connectivity index (χ0v) is 8.09. The Bertz CT molecular complexity index is 293. The second kappa shape index (κ2) is 3.38. The van der Waals surface area contributed by atoms with Crippen LogP contribution in [0.2, 0.25) is 0 Å². The van der Waals surface area contributed by atoms with E-state index in [-0.39, 0.29) is 12.3 Å². The van der Waals surface area contributed by atoms with Crippen molar-refractivity contribution in [2.75, 3.05) is 0 Å². The van der Waals surface area contributed by atoms with Crippen molar-refractivity contribution in [1.29, 1.82) is 0 Å². The Morgan fingerprint density at radius 3 is 2.50 bits per heavy atom. The number of nitrogens with one attached hydrogen (secondary N) is 2. The van der Waals surface area contributed by atoms with E-state index in [1.807, 2.05) is 0 Å².